The summed E-state index contributed by atoms with van der Waals surface area (Å²) in [6, 6.07) is 0. The van der Waals surface area contributed by atoms with Crippen LogP contribution in [0.15, 0.2) is 0 Å². The van der Waals surface area contributed by atoms with Crippen molar-refractivity contribution < 1.29 is 13.6 Å². The van der Waals surface area contributed by atoms with Crippen molar-refractivity contribution in [3.63, 3.8) is 0 Å². The second kappa shape index (κ2) is 11.1. The van der Waals surface area contributed by atoms with Gasteiger partial charge >= 0.3 is 37.8 Å². The standard InChI is InChI=1S/C6H17N2O3P.Na.H/c1-2-10-12(9)11-6(8)4-3-5-7;;/h6,12H,2-5,7-8H2,1H3;;. The number of nitrogens with two attached hydrogens (primary N) is 2. The fraction of sp³-hybridized carbons (Fsp3) is 1.00. The van der Waals surface area contributed by atoms with Crippen molar-refractivity contribution in [3.05, 3.63) is 0 Å². The van der Waals surface area contributed by atoms with E-state index in [1.165, 1.54) is 0 Å². The monoisotopic (exact) mass is 220 g/mol. The molecule has 0 radical (unpaired) electrons. The van der Waals surface area contributed by atoms with Gasteiger partial charge in [0.15, 0.2) is 0 Å². The van der Waals surface area contributed by atoms with Crippen molar-refractivity contribution in [1.29, 1.82) is 0 Å². The fourth-order valence-electron chi connectivity index (χ4n) is 0.653. The summed E-state index contributed by atoms with van der Waals surface area (Å²) in [6.45, 7) is 2.69. The second-order valence-corrected chi connectivity index (χ2v) is 3.29. The molecular weight excluding hydrogens is 202 g/mol. The molecule has 0 aromatic carbocycles. The Bertz CT molecular complexity index is 139. The molecule has 0 aliphatic heterocycles. The molecule has 7 heteroatoms. The third kappa shape index (κ3) is 11.0. The molecule has 0 rings (SSSR count). The Morgan fingerprint density at radius 2 is 2.15 bits per heavy atom. The Balaban J connectivity index is 0. The molecule has 0 saturated heterocycles. The first-order valence-corrected chi connectivity index (χ1v) is 5.22. The normalized spacial score (nSPS) is 14.7. The van der Waals surface area contributed by atoms with Gasteiger partial charge in [0.1, 0.15) is 6.23 Å². The summed E-state index contributed by atoms with van der Waals surface area (Å²) in [5.74, 6) is 0. The molecule has 0 spiro atoms. The van der Waals surface area contributed by atoms with Gasteiger partial charge in [-0.15, -0.1) is 0 Å². The van der Waals surface area contributed by atoms with Crippen LogP contribution < -0.4 is 11.5 Å². The van der Waals surface area contributed by atoms with E-state index in [2.05, 4.69) is 0 Å². The second-order valence-electron chi connectivity index (χ2n) is 2.27. The molecule has 5 nitrogen and oxygen atoms in total. The zero-order valence-corrected chi connectivity index (χ0v) is 8.29. The summed E-state index contributed by atoms with van der Waals surface area (Å²) in [4.78, 5) is 0. The van der Waals surface area contributed by atoms with E-state index in [-0.39, 0.29) is 29.6 Å². The van der Waals surface area contributed by atoms with Gasteiger partial charge in [0.2, 0.25) is 0 Å². The van der Waals surface area contributed by atoms with Gasteiger partial charge in [0.05, 0.1) is 6.61 Å². The van der Waals surface area contributed by atoms with Crippen LogP contribution in [-0.4, -0.2) is 48.9 Å². The zero-order valence-electron chi connectivity index (χ0n) is 7.29. The Labute approximate surface area is 102 Å². The summed E-state index contributed by atoms with van der Waals surface area (Å²) in [7, 11) is -2.39. The van der Waals surface area contributed by atoms with Gasteiger partial charge < -0.3 is 16.0 Å². The number of hydrogen-bond donors (Lipinski definition) is 2. The van der Waals surface area contributed by atoms with E-state index in [1.807, 2.05) is 0 Å². The SMILES string of the molecule is CCO[PH](=O)OC(N)CCCN.[NaH]. The van der Waals surface area contributed by atoms with Crippen molar-refractivity contribution >= 4 is 37.8 Å². The predicted octanol–water partition coefficient (Wildman–Crippen LogP) is -0.196. The molecule has 0 aromatic rings. The maximum atomic E-state index is 10.8. The molecule has 0 saturated carbocycles. The maximum absolute atomic E-state index is 10.8. The summed E-state index contributed by atoms with van der Waals surface area (Å²) < 4.78 is 20.4. The Morgan fingerprint density at radius 3 is 2.62 bits per heavy atom. The van der Waals surface area contributed by atoms with Gasteiger partial charge in [0.25, 0.3) is 0 Å². The topological polar surface area (TPSA) is 87.6 Å². The van der Waals surface area contributed by atoms with Crippen LogP contribution >= 0.6 is 8.25 Å². The molecule has 0 bridgehead atoms. The molecule has 13 heavy (non-hydrogen) atoms. The third-order valence-electron chi connectivity index (χ3n) is 1.20. The van der Waals surface area contributed by atoms with E-state index in [0.717, 1.165) is 6.42 Å². The van der Waals surface area contributed by atoms with Gasteiger partial charge in [-0.05, 0) is 26.3 Å². The van der Waals surface area contributed by atoms with Gasteiger partial charge in [-0.2, -0.15) is 0 Å². The van der Waals surface area contributed by atoms with Crippen LogP contribution in [0.4, 0.5) is 0 Å². The molecule has 4 N–H and O–H groups in total. The molecular formula is C6H18N2NaO3P. The van der Waals surface area contributed by atoms with Crippen LogP contribution in [0, 0.1) is 0 Å². The average Bonchev–Trinajstić information content (AvgIpc) is 2.01. The van der Waals surface area contributed by atoms with Gasteiger partial charge in [0, 0.05) is 0 Å². The van der Waals surface area contributed by atoms with Crippen LogP contribution in [0.3, 0.4) is 0 Å². The van der Waals surface area contributed by atoms with E-state index >= 15 is 0 Å². The van der Waals surface area contributed by atoms with Crippen molar-refractivity contribution in [1.82, 2.24) is 0 Å². The summed E-state index contributed by atoms with van der Waals surface area (Å²) in [6.07, 6.45) is 0.856. The van der Waals surface area contributed by atoms with Crippen LogP contribution in [0.2, 0.25) is 0 Å². The quantitative estimate of drug-likeness (QED) is 0.352. The van der Waals surface area contributed by atoms with Crippen LogP contribution in [0.5, 0.6) is 0 Å². The van der Waals surface area contributed by atoms with Gasteiger partial charge in [-0.1, -0.05) is 0 Å². The van der Waals surface area contributed by atoms with Crippen molar-refractivity contribution in [3.8, 4) is 0 Å². The summed E-state index contributed by atoms with van der Waals surface area (Å²) in [5.41, 5.74) is 10.7. The minimum atomic E-state index is -2.39. The van der Waals surface area contributed by atoms with E-state index in [1.54, 1.807) is 6.92 Å². The molecule has 0 amide bonds. The van der Waals surface area contributed by atoms with Crippen LogP contribution in [0.1, 0.15) is 19.8 Å². The first-order valence-electron chi connectivity index (χ1n) is 3.99. The van der Waals surface area contributed by atoms with E-state index in [0.29, 0.717) is 19.6 Å². The first kappa shape index (κ1) is 16.5. The average molecular weight is 220 g/mol. The Kier molecular flexibility index (Phi) is 14.1. The van der Waals surface area contributed by atoms with Crippen LogP contribution in [-0.2, 0) is 13.6 Å². The van der Waals surface area contributed by atoms with Gasteiger partial charge in [-0.25, -0.2) is 0 Å². The number of rotatable bonds is 7. The Hall–Kier alpha value is 1.07. The predicted molar refractivity (Wildman–Crippen MR) is 55.1 cm³/mol. The summed E-state index contributed by atoms with van der Waals surface area (Å²) >= 11 is 0. The third-order valence-corrected chi connectivity index (χ3v) is 2.22. The fourth-order valence-corrected chi connectivity index (χ4v) is 1.32. The molecule has 0 aliphatic carbocycles. The molecule has 0 aliphatic rings. The van der Waals surface area contributed by atoms with E-state index < -0.39 is 14.5 Å². The summed E-state index contributed by atoms with van der Waals surface area (Å²) in [5, 5.41) is 0. The van der Waals surface area contributed by atoms with Crippen molar-refractivity contribution in [2.75, 3.05) is 13.2 Å². The molecule has 0 aromatic heterocycles. The van der Waals surface area contributed by atoms with Crippen molar-refractivity contribution in [2.24, 2.45) is 11.5 Å². The van der Waals surface area contributed by atoms with E-state index in [9.17, 15) is 4.57 Å². The van der Waals surface area contributed by atoms with Crippen molar-refractivity contribution in [2.45, 2.75) is 26.0 Å². The molecule has 0 heterocycles. The number of hydrogen-bond acceptors (Lipinski definition) is 5. The van der Waals surface area contributed by atoms with Crippen LogP contribution in [0.25, 0.3) is 0 Å². The molecule has 2 unspecified atom stereocenters. The molecule has 76 valence electrons. The molecule has 0 fully saturated rings. The minimum absolute atomic E-state index is 0. The zero-order chi connectivity index (χ0) is 9.40. The van der Waals surface area contributed by atoms with E-state index in [4.69, 9.17) is 20.5 Å². The molecule has 2 atom stereocenters. The Morgan fingerprint density at radius 1 is 1.54 bits per heavy atom. The van der Waals surface area contributed by atoms with Gasteiger partial charge in [-0.3, -0.25) is 9.09 Å². The first-order chi connectivity index (χ1) is 5.70.